The van der Waals surface area contributed by atoms with Crippen LogP contribution < -0.4 is 0 Å². The molecule has 0 aromatic heterocycles. The Bertz CT molecular complexity index is 462. The molecule has 1 aromatic carbocycles. The molecule has 2 unspecified atom stereocenters. The van der Waals surface area contributed by atoms with Crippen LogP contribution in [0.2, 0.25) is 0 Å². The Morgan fingerprint density at radius 1 is 1.43 bits per heavy atom. The second kappa shape index (κ2) is 8.76. The predicted octanol–water partition coefficient (Wildman–Crippen LogP) is 4.59. The van der Waals surface area contributed by atoms with E-state index >= 15 is 0 Å². The van der Waals surface area contributed by atoms with Crippen LogP contribution in [-0.4, -0.2) is 27.8 Å². The smallest absolute Gasteiger partial charge is 0.123 e. The summed E-state index contributed by atoms with van der Waals surface area (Å²) in [6.07, 6.45) is 1.64. The number of nitrogens with zero attached hydrogens (tertiary/aromatic N) is 1. The molecule has 0 radical (unpaired) electrons. The standard InChI is InChI=1S/C16H23ClFNOS/c1-4-11-19-12(2)21-15(9-10-17)16(3,20)13-5-7-14(18)8-6-13/h5-8,15,20H,4,9-11H2,1-3H3. The molecule has 0 aliphatic rings. The fourth-order valence-corrected chi connectivity index (χ4v) is 3.57. The van der Waals surface area contributed by atoms with Gasteiger partial charge in [-0.1, -0.05) is 19.1 Å². The van der Waals surface area contributed by atoms with E-state index in [2.05, 4.69) is 11.9 Å². The zero-order valence-corrected chi connectivity index (χ0v) is 14.3. The fraction of sp³-hybridized carbons (Fsp3) is 0.562. The summed E-state index contributed by atoms with van der Waals surface area (Å²) in [7, 11) is 0. The van der Waals surface area contributed by atoms with Crippen LogP contribution in [0, 0.1) is 5.82 Å². The van der Waals surface area contributed by atoms with E-state index in [9.17, 15) is 9.50 Å². The van der Waals surface area contributed by atoms with E-state index in [4.69, 9.17) is 11.6 Å². The lowest BCUT2D eigenvalue weighted by atomic mass is 9.91. The third-order valence-corrected chi connectivity index (χ3v) is 4.97. The van der Waals surface area contributed by atoms with Gasteiger partial charge in [0.2, 0.25) is 0 Å². The first-order valence-electron chi connectivity index (χ1n) is 7.13. The molecule has 0 bridgehead atoms. The summed E-state index contributed by atoms with van der Waals surface area (Å²) in [5, 5.41) is 11.7. The SMILES string of the molecule is CCCN=C(C)SC(CCCl)C(C)(O)c1ccc(F)cc1. The molecule has 1 N–H and O–H groups in total. The van der Waals surface area contributed by atoms with Gasteiger partial charge in [-0.25, -0.2) is 4.39 Å². The number of benzene rings is 1. The largest absolute Gasteiger partial charge is 0.384 e. The van der Waals surface area contributed by atoms with Crippen molar-refractivity contribution < 1.29 is 9.50 Å². The molecule has 0 saturated heterocycles. The molecule has 1 aromatic rings. The first kappa shape index (κ1) is 18.5. The predicted molar refractivity (Wildman–Crippen MR) is 91.0 cm³/mol. The summed E-state index contributed by atoms with van der Waals surface area (Å²) < 4.78 is 13.0. The lowest BCUT2D eigenvalue weighted by Crippen LogP contribution is -2.35. The minimum absolute atomic E-state index is 0.124. The van der Waals surface area contributed by atoms with Crippen LogP contribution >= 0.6 is 23.4 Å². The fourth-order valence-electron chi connectivity index (χ4n) is 2.04. The van der Waals surface area contributed by atoms with Gasteiger partial charge in [0.05, 0.1) is 10.6 Å². The number of hydrogen-bond donors (Lipinski definition) is 1. The van der Waals surface area contributed by atoms with Crippen LogP contribution in [0.25, 0.3) is 0 Å². The average Bonchev–Trinajstić information content (AvgIpc) is 2.45. The molecule has 2 nitrogen and oxygen atoms in total. The van der Waals surface area contributed by atoms with E-state index in [1.54, 1.807) is 19.1 Å². The van der Waals surface area contributed by atoms with Gasteiger partial charge in [0.1, 0.15) is 5.82 Å². The molecular formula is C16H23ClFNOS. The van der Waals surface area contributed by atoms with Gasteiger partial charge in [-0.3, -0.25) is 4.99 Å². The van der Waals surface area contributed by atoms with E-state index in [0.717, 1.165) is 18.0 Å². The van der Waals surface area contributed by atoms with Crippen molar-refractivity contribution in [2.45, 2.75) is 44.5 Å². The highest BCUT2D eigenvalue weighted by molar-refractivity contribution is 8.14. The van der Waals surface area contributed by atoms with Gasteiger partial charge in [0.25, 0.3) is 0 Å². The maximum absolute atomic E-state index is 13.0. The van der Waals surface area contributed by atoms with Crippen LogP contribution in [0.4, 0.5) is 4.39 Å². The third kappa shape index (κ3) is 5.61. The zero-order chi connectivity index (χ0) is 15.9. The van der Waals surface area contributed by atoms with E-state index in [1.807, 2.05) is 6.92 Å². The Morgan fingerprint density at radius 3 is 2.57 bits per heavy atom. The normalized spacial score (nSPS) is 16.6. The van der Waals surface area contributed by atoms with Gasteiger partial charge in [-0.15, -0.1) is 23.4 Å². The Hall–Kier alpha value is -0.580. The topological polar surface area (TPSA) is 32.6 Å². The Morgan fingerprint density at radius 2 is 2.05 bits per heavy atom. The average molecular weight is 332 g/mol. The molecule has 0 spiro atoms. The highest BCUT2D eigenvalue weighted by Crippen LogP contribution is 2.35. The van der Waals surface area contributed by atoms with Crippen LogP contribution in [0.1, 0.15) is 39.2 Å². The number of hydrogen-bond acceptors (Lipinski definition) is 3. The van der Waals surface area contributed by atoms with Gasteiger partial charge in [-0.2, -0.15) is 0 Å². The Balaban J connectivity index is 2.93. The van der Waals surface area contributed by atoms with Crippen molar-refractivity contribution in [3.05, 3.63) is 35.6 Å². The lowest BCUT2D eigenvalue weighted by molar-refractivity contribution is 0.0539. The van der Waals surface area contributed by atoms with Crippen LogP contribution in [-0.2, 0) is 5.60 Å². The molecule has 0 fully saturated rings. The second-order valence-electron chi connectivity index (χ2n) is 5.14. The van der Waals surface area contributed by atoms with Gasteiger partial charge in [0, 0.05) is 17.7 Å². The number of aliphatic hydroxyl groups is 1. The van der Waals surface area contributed by atoms with Gasteiger partial charge in [0.15, 0.2) is 0 Å². The summed E-state index contributed by atoms with van der Waals surface area (Å²) in [6.45, 7) is 6.55. The minimum Gasteiger partial charge on any atom is -0.384 e. The van der Waals surface area contributed by atoms with Crippen LogP contribution in [0.3, 0.4) is 0 Å². The molecule has 1 rings (SSSR count). The van der Waals surface area contributed by atoms with Crippen molar-refractivity contribution in [1.82, 2.24) is 0 Å². The van der Waals surface area contributed by atoms with E-state index in [0.29, 0.717) is 17.9 Å². The highest BCUT2D eigenvalue weighted by atomic mass is 35.5. The number of rotatable bonds is 7. The molecule has 5 heteroatoms. The quantitative estimate of drug-likeness (QED) is 0.450. The first-order chi connectivity index (χ1) is 9.91. The van der Waals surface area contributed by atoms with E-state index in [1.165, 1.54) is 23.9 Å². The van der Waals surface area contributed by atoms with Crippen LogP contribution in [0.5, 0.6) is 0 Å². The third-order valence-electron chi connectivity index (χ3n) is 3.30. The molecular weight excluding hydrogens is 309 g/mol. The summed E-state index contributed by atoms with van der Waals surface area (Å²) in [5.41, 5.74) is -0.397. The number of thioether (sulfide) groups is 1. The molecule has 0 saturated carbocycles. The van der Waals surface area contributed by atoms with Crippen LogP contribution in [0.15, 0.2) is 29.3 Å². The molecule has 2 atom stereocenters. The summed E-state index contributed by atoms with van der Waals surface area (Å²) in [5.74, 6) is 0.146. The summed E-state index contributed by atoms with van der Waals surface area (Å²) in [4.78, 5) is 4.45. The molecule has 21 heavy (non-hydrogen) atoms. The monoisotopic (exact) mass is 331 g/mol. The molecule has 0 heterocycles. The minimum atomic E-state index is -1.09. The highest BCUT2D eigenvalue weighted by Gasteiger charge is 2.34. The maximum Gasteiger partial charge on any atom is 0.123 e. The molecule has 0 aliphatic heterocycles. The first-order valence-corrected chi connectivity index (χ1v) is 8.55. The van der Waals surface area contributed by atoms with Crippen molar-refractivity contribution in [2.75, 3.05) is 12.4 Å². The van der Waals surface area contributed by atoms with Gasteiger partial charge in [-0.05, 0) is 44.4 Å². The van der Waals surface area contributed by atoms with Crippen molar-refractivity contribution >= 4 is 28.4 Å². The maximum atomic E-state index is 13.0. The summed E-state index contributed by atoms with van der Waals surface area (Å²) >= 11 is 7.42. The van der Waals surface area contributed by atoms with E-state index in [-0.39, 0.29) is 11.1 Å². The van der Waals surface area contributed by atoms with E-state index < -0.39 is 5.60 Å². The van der Waals surface area contributed by atoms with Crippen molar-refractivity contribution in [3.8, 4) is 0 Å². The number of alkyl halides is 1. The second-order valence-corrected chi connectivity index (χ2v) is 6.91. The van der Waals surface area contributed by atoms with Crippen molar-refractivity contribution in [1.29, 1.82) is 0 Å². The lowest BCUT2D eigenvalue weighted by Gasteiger charge is -2.32. The van der Waals surface area contributed by atoms with Crippen molar-refractivity contribution in [3.63, 3.8) is 0 Å². The van der Waals surface area contributed by atoms with Gasteiger partial charge < -0.3 is 5.11 Å². The van der Waals surface area contributed by atoms with Gasteiger partial charge >= 0.3 is 0 Å². The molecule has 0 amide bonds. The molecule has 0 aliphatic carbocycles. The van der Waals surface area contributed by atoms with Crippen molar-refractivity contribution in [2.24, 2.45) is 4.99 Å². The Kier molecular flexibility index (Phi) is 7.71. The Labute approximate surface area is 135 Å². The molecule has 118 valence electrons. The summed E-state index contributed by atoms with van der Waals surface area (Å²) in [6, 6.07) is 5.97. The number of aliphatic imine (C=N–C) groups is 1. The number of halogens is 2. The zero-order valence-electron chi connectivity index (χ0n) is 12.8.